The van der Waals surface area contributed by atoms with Crippen LogP contribution in [0.2, 0.25) is 0 Å². The minimum atomic E-state index is -0.795. The number of benzene rings is 1. The fourth-order valence-electron chi connectivity index (χ4n) is 2.55. The maximum absolute atomic E-state index is 11.6. The summed E-state index contributed by atoms with van der Waals surface area (Å²) in [5, 5.41) is 12.8. The third-order valence-corrected chi connectivity index (χ3v) is 3.48. The van der Waals surface area contributed by atoms with E-state index in [0.717, 1.165) is 43.9 Å². The lowest BCUT2D eigenvalue weighted by molar-refractivity contribution is -0.143. The number of rotatable bonds is 5. The molecule has 0 aliphatic carbocycles. The van der Waals surface area contributed by atoms with Crippen molar-refractivity contribution in [2.75, 3.05) is 32.8 Å². The molecule has 5 heteroatoms. The van der Waals surface area contributed by atoms with E-state index in [1.165, 1.54) is 0 Å². The van der Waals surface area contributed by atoms with Gasteiger partial charge in [0.15, 0.2) is 0 Å². The zero-order valence-electron chi connectivity index (χ0n) is 11.8. The van der Waals surface area contributed by atoms with E-state index < -0.39 is 12.0 Å². The molecule has 0 saturated carbocycles. The van der Waals surface area contributed by atoms with Crippen LogP contribution in [0, 0.1) is 0 Å². The number of carbonyl (C=O) groups is 1. The van der Waals surface area contributed by atoms with Crippen molar-refractivity contribution in [3.8, 4) is 5.75 Å². The number of ether oxygens (including phenoxy) is 1. The van der Waals surface area contributed by atoms with Crippen LogP contribution in [0.1, 0.15) is 24.9 Å². The molecule has 1 aromatic rings. The average Bonchev–Trinajstić information content (AvgIpc) is 2.70. The molecule has 1 aliphatic rings. The molecule has 0 aromatic heterocycles. The summed E-state index contributed by atoms with van der Waals surface area (Å²) in [6.07, 6.45) is 0.973. The quantitative estimate of drug-likeness (QED) is 0.855. The second-order valence-corrected chi connectivity index (χ2v) is 4.88. The Morgan fingerprint density at radius 1 is 1.35 bits per heavy atom. The second-order valence-electron chi connectivity index (χ2n) is 4.88. The van der Waals surface area contributed by atoms with Crippen molar-refractivity contribution >= 4 is 5.97 Å². The van der Waals surface area contributed by atoms with Crippen molar-refractivity contribution < 1.29 is 14.6 Å². The summed E-state index contributed by atoms with van der Waals surface area (Å²) in [5.74, 6) is -0.0195. The van der Waals surface area contributed by atoms with E-state index in [2.05, 4.69) is 5.32 Å². The minimum Gasteiger partial charge on any atom is -0.494 e. The fraction of sp³-hybridized carbons (Fsp3) is 0.533. The molecule has 1 aliphatic heterocycles. The molecule has 1 saturated heterocycles. The number of carboxylic acid groups (broad SMARTS) is 1. The van der Waals surface area contributed by atoms with E-state index in [9.17, 15) is 9.90 Å². The fourth-order valence-corrected chi connectivity index (χ4v) is 2.55. The van der Waals surface area contributed by atoms with Crippen LogP contribution in [0.4, 0.5) is 0 Å². The van der Waals surface area contributed by atoms with Crippen LogP contribution in [0.15, 0.2) is 24.3 Å². The Morgan fingerprint density at radius 2 is 2.10 bits per heavy atom. The van der Waals surface area contributed by atoms with Gasteiger partial charge >= 0.3 is 5.97 Å². The third kappa shape index (κ3) is 3.71. The highest BCUT2D eigenvalue weighted by atomic mass is 16.5. The third-order valence-electron chi connectivity index (χ3n) is 3.48. The number of hydrogen-bond donors (Lipinski definition) is 2. The number of aliphatic carboxylic acids is 1. The van der Waals surface area contributed by atoms with Crippen LogP contribution < -0.4 is 10.1 Å². The number of carboxylic acids is 1. The zero-order chi connectivity index (χ0) is 14.4. The van der Waals surface area contributed by atoms with E-state index in [1.54, 1.807) is 0 Å². The molecule has 20 heavy (non-hydrogen) atoms. The first-order valence-corrected chi connectivity index (χ1v) is 7.12. The van der Waals surface area contributed by atoms with Crippen molar-refractivity contribution in [2.45, 2.75) is 19.4 Å². The molecule has 0 amide bonds. The molecule has 1 unspecified atom stereocenters. The first-order chi connectivity index (χ1) is 9.72. The Kier molecular flexibility index (Phi) is 5.38. The average molecular weight is 278 g/mol. The Hall–Kier alpha value is -1.59. The Morgan fingerprint density at radius 3 is 2.75 bits per heavy atom. The van der Waals surface area contributed by atoms with Gasteiger partial charge in [0.1, 0.15) is 11.8 Å². The van der Waals surface area contributed by atoms with E-state index in [-0.39, 0.29) is 0 Å². The first-order valence-electron chi connectivity index (χ1n) is 7.12. The lowest BCUT2D eigenvalue weighted by Crippen LogP contribution is -2.36. The van der Waals surface area contributed by atoms with E-state index >= 15 is 0 Å². The Labute approximate surface area is 119 Å². The van der Waals surface area contributed by atoms with Gasteiger partial charge in [-0.3, -0.25) is 9.69 Å². The number of hydrogen-bond acceptors (Lipinski definition) is 4. The largest absolute Gasteiger partial charge is 0.494 e. The summed E-state index contributed by atoms with van der Waals surface area (Å²) in [4.78, 5) is 13.7. The monoisotopic (exact) mass is 278 g/mol. The molecule has 5 nitrogen and oxygen atoms in total. The van der Waals surface area contributed by atoms with Gasteiger partial charge in [0, 0.05) is 19.6 Å². The molecule has 0 spiro atoms. The van der Waals surface area contributed by atoms with Gasteiger partial charge in [-0.15, -0.1) is 0 Å². The van der Waals surface area contributed by atoms with Gasteiger partial charge in [-0.05, 0) is 37.6 Å². The lowest BCUT2D eigenvalue weighted by Gasteiger charge is -2.27. The minimum absolute atomic E-state index is 0.578. The highest BCUT2D eigenvalue weighted by molar-refractivity contribution is 5.75. The molecule has 0 radical (unpaired) electrons. The van der Waals surface area contributed by atoms with Crippen LogP contribution >= 0.6 is 0 Å². The molecule has 1 heterocycles. The Bertz CT molecular complexity index is 425. The summed E-state index contributed by atoms with van der Waals surface area (Å²) in [6.45, 7) is 5.88. The van der Waals surface area contributed by atoms with Crippen LogP contribution in [-0.2, 0) is 4.79 Å². The predicted octanol–water partition coefficient (Wildman–Crippen LogP) is 1.51. The maximum atomic E-state index is 11.6. The van der Waals surface area contributed by atoms with Gasteiger partial charge in [-0.2, -0.15) is 0 Å². The lowest BCUT2D eigenvalue weighted by atomic mass is 10.0. The molecular weight excluding hydrogens is 256 g/mol. The summed E-state index contributed by atoms with van der Waals surface area (Å²) in [7, 11) is 0. The highest BCUT2D eigenvalue weighted by Crippen LogP contribution is 2.24. The van der Waals surface area contributed by atoms with Crippen molar-refractivity contribution in [1.82, 2.24) is 10.2 Å². The summed E-state index contributed by atoms with van der Waals surface area (Å²) >= 11 is 0. The number of nitrogens with one attached hydrogen (secondary N) is 1. The van der Waals surface area contributed by atoms with Crippen molar-refractivity contribution in [1.29, 1.82) is 0 Å². The Balaban J connectivity index is 2.16. The molecule has 1 fully saturated rings. The van der Waals surface area contributed by atoms with Crippen LogP contribution in [-0.4, -0.2) is 48.8 Å². The molecule has 0 bridgehead atoms. The van der Waals surface area contributed by atoms with Crippen molar-refractivity contribution in [3.63, 3.8) is 0 Å². The van der Waals surface area contributed by atoms with Gasteiger partial charge in [0.25, 0.3) is 0 Å². The summed E-state index contributed by atoms with van der Waals surface area (Å²) < 4.78 is 5.40. The van der Waals surface area contributed by atoms with Gasteiger partial charge in [-0.1, -0.05) is 12.1 Å². The topological polar surface area (TPSA) is 61.8 Å². The standard InChI is InChI=1S/C15H22N2O3/c1-2-20-13-6-4-12(5-7-13)14(15(18)19)17-10-3-8-16-9-11-17/h4-7,14,16H,2-3,8-11H2,1H3,(H,18,19). The van der Waals surface area contributed by atoms with Gasteiger partial charge < -0.3 is 15.2 Å². The summed E-state index contributed by atoms with van der Waals surface area (Å²) in [6, 6.07) is 6.80. The molecule has 2 N–H and O–H groups in total. The van der Waals surface area contributed by atoms with E-state index in [4.69, 9.17) is 4.74 Å². The normalized spacial score (nSPS) is 18.2. The van der Waals surface area contributed by atoms with Gasteiger partial charge in [0.05, 0.1) is 6.61 Å². The summed E-state index contributed by atoms with van der Waals surface area (Å²) in [5.41, 5.74) is 0.808. The first kappa shape index (κ1) is 14.8. The molecule has 1 aromatic carbocycles. The highest BCUT2D eigenvalue weighted by Gasteiger charge is 2.27. The predicted molar refractivity (Wildman–Crippen MR) is 77.0 cm³/mol. The van der Waals surface area contributed by atoms with E-state index in [1.807, 2.05) is 36.1 Å². The molecule has 1 atom stereocenters. The van der Waals surface area contributed by atoms with Gasteiger partial charge in [0.2, 0.25) is 0 Å². The number of nitrogens with zero attached hydrogens (tertiary/aromatic N) is 1. The van der Waals surface area contributed by atoms with Gasteiger partial charge in [-0.25, -0.2) is 0 Å². The van der Waals surface area contributed by atoms with Crippen LogP contribution in [0.25, 0.3) is 0 Å². The molecule has 2 rings (SSSR count). The van der Waals surface area contributed by atoms with E-state index in [0.29, 0.717) is 6.61 Å². The molecule has 110 valence electrons. The molecular formula is C15H22N2O3. The zero-order valence-corrected chi connectivity index (χ0v) is 11.8. The smallest absolute Gasteiger partial charge is 0.325 e. The van der Waals surface area contributed by atoms with Crippen LogP contribution in [0.5, 0.6) is 5.75 Å². The second kappa shape index (κ2) is 7.26. The SMILES string of the molecule is CCOc1ccc(C(C(=O)O)N2CCCNCC2)cc1. The van der Waals surface area contributed by atoms with Crippen molar-refractivity contribution in [2.24, 2.45) is 0 Å². The maximum Gasteiger partial charge on any atom is 0.325 e. The van der Waals surface area contributed by atoms with Crippen LogP contribution in [0.3, 0.4) is 0 Å². The van der Waals surface area contributed by atoms with Crippen molar-refractivity contribution in [3.05, 3.63) is 29.8 Å².